The van der Waals surface area contributed by atoms with E-state index in [-0.39, 0.29) is 18.3 Å². The third-order valence-electron chi connectivity index (χ3n) is 3.17. The molecule has 0 saturated heterocycles. The van der Waals surface area contributed by atoms with E-state index in [1.807, 2.05) is 0 Å². The minimum atomic E-state index is -1.08. The fourth-order valence-corrected chi connectivity index (χ4v) is 2.03. The van der Waals surface area contributed by atoms with E-state index in [1.54, 1.807) is 39.8 Å². The van der Waals surface area contributed by atoms with Gasteiger partial charge in [-0.05, 0) is 36.5 Å². The molecule has 0 aromatic heterocycles. The maximum absolute atomic E-state index is 13.5. The van der Waals surface area contributed by atoms with Gasteiger partial charge in [0.2, 0.25) is 0 Å². The van der Waals surface area contributed by atoms with Gasteiger partial charge in [0, 0.05) is 6.54 Å². The number of carboxylic acid groups (broad SMARTS) is 1. The van der Waals surface area contributed by atoms with E-state index in [9.17, 15) is 14.0 Å². The molecule has 0 spiro atoms. The molecular weight excluding hydrogens is 275 g/mol. The van der Waals surface area contributed by atoms with Crippen LogP contribution in [0.25, 0.3) is 0 Å². The van der Waals surface area contributed by atoms with Crippen molar-refractivity contribution in [3.05, 3.63) is 34.6 Å². The maximum Gasteiger partial charge on any atom is 0.326 e. The molecule has 0 fully saturated rings. The number of aliphatic carboxylic acids is 1. The van der Waals surface area contributed by atoms with E-state index >= 15 is 0 Å². The second-order valence-corrected chi connectivity index (χ2v) is 5.43. The number of amides is 2. The van der Waals surface area contributed by atoms with Gasteiger partial charge in [0.25, 0.3) is 0 Å². The molecular formula is C15H21FN2O3. The third kappa shape index (κ3) is 4.73. The molecule has 3 N–H and O–H groups in total. The van der Waals surface area contributed by atoms with Gasteiger partial charge >= 0.3 is 12.0 Å². The van der Waals surface area contributed by atoms with Gasteiger partial charge in [-0.2, -0.15) is 0 Å². The largest absolute Gasteiger partial charge is 0.480 e. The standard InChI is InChI=1S/C15H21FN2O3/c1-8(2)13(14(19)20)18-15(21)17-7-11-5-9(3)12(16)10(4)6-11/h5-6,8,13H,7H2,1-4H3,(H,19,20)(H2,17,18,21)/t13-/m0/s1. The summed E-state index contributed by atoms with van der Waals surface area (Å²) in [5.74, 6) is -1.55. The molecule has 0 aliphatic rings. The molecule has 116 valence electrons. The van der Waals surface area contributed by atoms with Gasteiger partial charge in [-0.25, -0.2) is 14.0 Å². The van der Waals surface area contributed by atoms with Crippen molar-refractivity contribution in [2.75, 3.05) is 0 Å². The zero-order valence-corrected chi connectivity index (χ0v) is 12.7. The molecule has 1 rings (SSSR count). The van der Waals surface area contributed by atoms with Crippen molar-refractivity contribution in [2.24, 2.45) is 5.92 Å². The zero-order valence-electron chi connectivity index (χ0n) is 12.7. The lowest BCUT2D eigenvalue weighted by Gasteiger charge is -2.18. The average molecular weight is 296 g/mol. The van der Waals surface area contributed by atoms with Gasteiger partial charge in [0.15, 0.2) is 0 Å². The Morgan fingerprint density at radius 1 is 1.24 bits per heavy atom. The highest BCUT2D eigenvalue weighted by atomic mass is 19.1. The lowest BCUT2D eigenvalue weighted by atomic mass is 10.1. The second-order valence-electron chi connectivity index (χ2n) is 5.43. The number of carbonyl (C=O) groups is 2. The first-order chi connectivity index (χ1) is 9.72. The number of carbonyl (C=O) groups excluding carboxylic acids is 1. The Balaban J connectivity index is 2.63. The lowest BCUT2D eigenvalue weighted by Crippen LogP contribution is -2.48. The zero-order chi connectivity index (χ0) is 16.2. The summed E-state index contributed by atoms with van der Waals surface area (Å²) in [7, 11) is 0. The highest BCUT2D eigenvalue weighted by Crippen LogP contribution is 2.14. The van der Waals surface area contributed by atoms with Crippen molar-refractivity contribution < 1.29 is 19.1 Å². The minimum absolute atomic E-state index is 0.207. The van der Waals surface area contributed by atoms with Crippen LogP contribution in [0.1, 0.15) is 30.5 Å². The molecule has 1 aromatic rings. The van der Waals surface area contributed by atoms with Crippen LogP contribution in [0, 0.1) is 25.6 Å². The first kappa shape index (κ1) is 16.9. The van der Waals surface area contributed by atoms with Crippen molar-refractivity contribution in [2.45, 2.75) is 40.3 Å². The molecule has 2 amide bonds. The molecule has 5 nitrogen and oxygen atoms in total. The van der Waals surface area contributed by atoms with E-state index in [2.05, 4.69) is 10.6 Å². The number of urea groups is 1. The number of hydrogen-bond acceptors (Lipinski definition) is 2. The summed E-state index contributed by atoms with van der Waals surface area (Å²) in [4.78, 5) is 22.7. The topological polar surface area (TPSA) is 78.4 Å². The third-order valence-corrected chi connectivity index (χ3v) is 3.17. The van der Waals surface area contributed by atoms with Crippen LogP contribution in [-0.4, -0.2) is 23.1 Å². The Bertz CT molecular complexity index is 521. The Kier molecular flexibility index (Phi) is 5.69. The van der Waals surface area contributed by atoms with Crippen LogP contribution in [0.2, 0.25) is 0 Å². The van der Waals surface area contributed by atoms with E-state index in [0.29, 0.717) is 11.1 Å². The first-order valence-electron chi connectivity index (χ1n) is 6.75. The van der Waals surface area contributed by atoms with Crippen LogP contribution in [0.4, 0.5) is 9.18 Å². The number of benzene rings is 1. The molecule has 0 bridgehead atoms. The molecule has 21 heavy (non-hydrogen) atoms. The predicted octanol–water partition coefficient (Wildman–Crippen LogP) is 2.35. The summed E-state index contributed by atoms with van der Waals surface area (Å²) in [5.41, 5.74) is 1.79. The Morgan fingerprint density at radius 3 is 2.19 bits per heavy atom. The van der Waals surface area contributed by atoms with E-state index in [1.165, 1.54) is 0 Å². The minimum Gasteiger partial charge on any atom is -0.480 e. The second kappa shape index (κ2) is 7.06. The maximum atomic E-state index is 13.5. The molecule has 0 heterocycles. The van der Waals surface area contributed by atoms with E-state index in [4.69, 9.17) is 5.11 Å². The summed E-state index contributed by atoms with van der Waals surface area (Å²) in [6.45, 7) is 6.95. The van der Waals surface area contributed by atoms with Crippen LogP contribution in [0.15, 0.2) is 12.1 Å². The Hall–Kier alpha value is -2.11. The number of rotatable bonds is 5. The van der Waals surface area contributed by atoms with Crippen molar-refractivity contribution in [1.82, 2.24) is 10.6 Å². The average Bonchev–Trinajstić information content (AvgIpc) is 2.38. The summed E-state index contributed by atoms with van der Waals surface area (Å²) in [6, 6.07) is 1.80. The van der Waals surface area contributed by atoms with Crippen molar-refractivity contribution in [1.29, 1.82) is 0 Å². The normalized spacial score (nSPS) is 12.1. The van der Waals surface area contributed by atoms with Gasteiger partial charge < -0.3 is 15.7 Å². The van der Waals surface area contributed by atoms with Gasteiger partial charge in [0.05, 0.1) is 0 Å². The Morgan fingerprint density at radius 2 is 1.76 bits per heavy atom. The number of halogens is 1. The summed E-state index contributed by atoms with van der Waals surface area (Å²) < 4.78 is 13.5. The molecule has 1 atom stereocenters. The molecule has 0 aliphatic carbocycles. The van der Waals surface area contributed by atoms with Crippen molar-refractivity contribution in [3.8, 4) is 0 Å². The van der Waals surface area contributed by atoms with Crippen molar-refractivity contribution in [3.63, 3.8) is 0 Å². The number of aryl methyl sites for hydroxylation is 2. The quantitative estimate of drug-likeness (QED) is 0.780. The molecule has 0 radical (unpaired) electrons. The Labute approximate surface area is 123 Å². The van der Waals surface area contributed by atoms with Crippen LogP contribution >= 0.6 is 0 Å². The highest BCUT2D eigenvalue weighted by molar-refractivity contribution is 5.82. The van der Waals surface area contributed by atoms with Crippen LogP contribution in [-0.2, 0) is 11.3 Å². The molecule has 0 saturated carbocycles. The molecule has 1 aromatic carbocycles. The van der Waals surface area contributed by atoms with Gasteiger partial charge in [-0.3, -0.25) is 0 Å². The van der Waals surface area contributed by atoms with Crippen molar-refractivity contribution >= 4 is 12.0 Å². The fourth-order valence-electron chi connectivity index (χ4n) is 2.03. The predicted molar refractivity (Wildman–Crippen MR) is 77.5 cm³/mol. The van der Waals surface area contributed by atoms with Gasteiger partial charge in [-0.15, -0.1) is 0 Å². The lowest BCUT2D eigenvalue weighted by molar-refractivity contribution is -0.140. The molecule has 0 aliphatic heterocycles. The van der Waals surface area contributed by atoms with E-state index in [0.717, 1.165) is 5.56 Å². The van der Waals surface area contributed by atoms with Crippen LogP contribution < -0.4 is 10.6 Å². The summed E-state index contributed by atoms with van der Waals surface area (Å²) in [6.07, 6.45) is 0. The smallest absolute Gasteiger partial charge is 0.326 e. The molecule has 0 unspecified atom stereocenters. The first-order valence-corrected chi connectivity index (χ1v) is 6.75. The fraction of sp³-hybridized carbons (Fsp3) is 0.467. The van der Waals surface area contributed by atoms with Gasteiger partial charge in [0.1, 0.15) is 11.9 Å². The number of nitrogens with one attached hydrogen (secondary N) is 2. The summed E-state index contributed by atoms with van der Waals surface area (Å²) in [5, 5.41) is 14.0. The number of hydrogen-bond donors (Lipinski definition) is 3. The number of carboxylic acids is 1. The highest BCUT2D eigenvalue weighted by Gasteiger charge is 2.23. The van der Waals surface area contributed by atoms with Crippen LogP contribution in [0.3, 0.4) is 0 Å². The monoisotopic (exact) mass is 296 g/mol. The van der Waals surface area contributed by atoms with Crippen LogP contribution in [0.5, 0.6) is 0 Å². The summed E-state index contributed by atoms with van der Waals surface area (Å²) >= 11 is 0. The van der Waals surface area contributed by atoms with E-state index < -0.39 is 18.0 Å². The van der Waals surface area contributed by atoms with Gasteiger partial charge in [-0.1, -0.05) is 26.0 Å². The molecule has 6 heteroatoms. The SMILES string of the molecule is Cc1cc(CNC(=O)N[C@H](C(=O)O)C(C)C)cc(C)c1F.